The van der Waals surface area contributed by atoms with Gasteiger partial charge in [0.15, 0.2) is 0 Å². The molecule has 2 aliphatic heterocycles. The Bertz CT molecular complexity index is 397. The van der Waals surface area contributed by atoms with E-state index in [0.29, 0.717) is 24.2 Å². The molecule has 2 aliphatic carbocycles. The highest BCUT2D eigenvalue weighted by molar-refractivity contribution is 5.11. The van der Waals surface area contributed by atoms with Crippen molar-refractivity contribution < 1.29 is 18.6 Å². The first-order valence-corrected chi connectivity index (χ1v) is 8.34. The smallest absolute Gasteiger partial charge is 0.254 e. The Morgan fingerprint density at radius 2 is 1.81 bits per heavy atom. The van der Waals surface area contributed by atoms with Crippen LogP contribution in [-0.2, 0) is 4.74 Å². The van der Waals surface area contributed by atoms with Gasteiger partial charge in [-0.1, -0.05) is 0 Å². The van der Waals surface area contributed by atoms with E-state index in [4.69, 9.17) is 4.74 Å². The average molecular weight is 301 g/mol. The number of likely N-dealkylation sites (tertiary alicyclic amines) is 1. The first kappa shape index (κ1) is 14.3. The second-order valence-electron chi connectivity index (χ2n) is 7.81. The van der Waals surface area contributed by atoms with E-state index in [1.165, 1.54) is 0 Å². The molecule has 0 radical (unpaired) electrons. The monoisotopic (exact) mass is 301 g/mol. The number of halogens is 2. The molecule has 4 rings (SSSR count). The third-order valence-electron chi connectivity index (χ3n) is 6.52. The minimum Gasteiger partial charge on any atom is -0.395 e. The maximum atomic E-state index is 13.3. The molecule has 0 aromatic rings. The molecule has 0 amide bonds. The Balaban J connectivity index is 1.36. The number of nitrogens with zero attached hydrogens (tertiary/aromatic N) is 1. The third kappa shape index (κ3) is 2.32. The van der Waals surface area contributed by atoms with Gasteiger partial charge in [0.05, 0.1) is 6.61 Å². The number of rotatable bonds is 3. The van der Waals surface area contributed by atoms with E-state index in [0.717, 1.165) is 45.6 Å². The summed E-state index contributed by atoms with van der Waals surface area (Å²) in [7, 11) is 0. The Kier molecular flexibility index (Phi) is 3.32. The zero-order chi connectivity index (χ0) is 14.7. The fourth-order valence-corrected chi connectivity index (χ4v) is 5.21. The summed E-state index contributed by atoms with van der Waals surface area (Å²) in [5.41, 5.74) is 0.303. The molecular formula is C16H25F2NO2. The van der Waals surface area contributed by atoms with Crippen LogP contribution in [0.5, 0.6) is 0 Å². The number of hydrogen-bond acceptors (Lipinski definition) is 3. The molecular weight excluding hydrogens is 276 g/mol. The number of aliphatic hydroxyl groups is 1. The fraction of sp³-hybridized carbons (Fsp3) is 1.00. The van der Waals surface area contributed by atoms with Crippen molar-refractivity contribution in [1.29, 1.82) is 0 Å². The fourth-order valence-electron chi connectivity index (χ4n) is 5.21. The van der Waals surface area contributed by atoms with E-state index < -0.39 is 5.92 Å². The van der Waals surface area contributed by atoms with Gasteiger partial charge in [-0.2, -0.15) is 0 Å². The zero-order valence-corrected chi connectivity index (χ0v) is 12.4. The topological polar surface area (TPSA) is 32.7 Å². The lowest BCUT2D eigenvalue weighted by atomic mass is 9.78. The van der Waals surface area contributed by atoms with Gasteiger partial charge in [-0.15, -0.1) is 0 Å². The van der Waals surface area contributed by atoms with Gasteiger partial charge in [-0.3, -0.25) is 4.90 Å². The molecule has 3 unspecified atom stereocenters. The van der Waals surface area contributed by atoms with Crippen molar-refractivity contribution in [3.63, 3.8) is 0 Å². The summed E-state index contributed by atoms with van der Waals surface area (Å²) in [6.45, 7) is 3.76. The molecule has 120 valence electrons. The molecule has 4 fully saturated rings. The van der Waals surface area contributed by atoms with Crippen molar-refractivity contribution in [3.8, 4) is 0 Å². The van der Waals surface area contributed by atoms with Crippen LogP contribution in [0.4, 0.5) is 8.78 Å². The lowest BCUT2D eigenvalue weighted by molar-refractivity contribution is 0.0177. The molecule has 2 saturated heterocycles. The van der Waals surface area contributed by atoms with E-state index in [1.807, 2.05) is 0 Å². The van der Waals surface area contributed by atoms with Crippen LogP contribution >= 0.6 is 0 Å². The van der Waals surface area contributed by atoms with Crippen LogP contribution in [0.15, 0.2) is 0 Å². The molecule has 1 spiro atoms. The molecule has 0 bridgehead atoms. The van der Waals surface area contributed by atoms with Gasteiger partial charge in [0, 0.05) is 44.2 Å². The van der Waals surface area contributed by atoms with Crippen molar-refractivity contribution in [3.05, 3.63) is 0 Å². The van der Waals surface area contributed by atoms with Crippen molar-refractivity contribution >= 4 is 0 Å². The van der Waals surface area contributed by atoms with Crippen LogP contribution in [0.1, 0.15) is 32.1 Å². The zero-order valence-electron chi connectivity index (χ0n) is 12.4. The van der Waals surface area contributed by atoms with Crippen molar-refractivity contribution in [2.45, 2.75) is 44.1 Å². The number of hydrogen-bond donors (Lipinski definition) is 1. The van der Waals surface area contributed by atoms with E-state index in [9.17, 15) is 13.9 Å². The lowest BCUT2D eigenvalue weighted by Crippen LogP contribution is -2.37. The van der Waals surface area contributed by atoms with Gasteiger partial charge in [0.2, 0.25) is 0 Å². The molecule has 2 heterocycles. The summed E-state index contributed by atoms with van der Waals surface area (Å²) in [5, 5.41) is 9.68. The van der Waals surface area contributed by atoms with E-state index in [1.54, 1.807) is 0 Å². The minimum atomic E-state index is -2.36. The predicted molar refractivity (Wildman–Crippen MR) is 74.2 cm³/mol. The normalized spacial score (nSPS) is 44.1. The molecule has 4 aliphatic rings. The molecule has 3 atom stereocenters. The van der Waals surface area contributed by atoms with Crippen LogP contribution in [0, 0.1) is 23.2 Å². The standard InChI is InChI=1S/C16H25F2NO2/c17-16(18)13-5-11(6-14(13)16)8-19-10-15(7-12(19)9-20)1-3-21-4-2-15/h11-14,20H,1-10H2. The summed E-state index contributed by atoms with van der Waals surface area (Å²) in [4.78, 5) is 2.39. The first-order chi connectivity index (χ1) is 10.0. The summed E-state index contributed by atoms with van der Waals surface area (Å²) in [6.07, 6.45) is 4.56. The van der Waals surface area contributed by atoms with Crippen LogP contribution in [0.3, 0.4) is 0 Å². The Labute approximate surface area is 124 Å². The van der Waals surface area contributed by atoms with Gasteiger partial charge in [-0.25, -0.2) is 8.78 Å². The van der Waals surface area contributed by atoms with Crippen molar-refractivity contribution in [1.82, 2.24) is 4.90 Å². The Morgan fingerprint density at radius 1 is 1.14 bits per heavy atom. The van der Waals surface area contributed by atoms with Crippen LogP contribution in [-0.4, -0.2) is 54.9 Å². The van der Waals surface area contributed by atoms with Gasteiger partial charge < -0.3 is 9.84 Å². The highest BCUT2D eigenvalue weighted by Gasteiger charge is 2.71. The Hall–Kier alpha value is -0.260. The van der Waals surface area contributed by atoms with Crippen molar-refractivity contribution in [2.75, 3.05) is 32.9 Å². The second-order valence-corrected chi connectivity index (χ2v) is 7.81. The highest BCUT2D eigenvalue weighted by atomic mass is 19.3. The predicted octanol–water partition coefficient (Wildman–Crippen LogP) is 2.14. The molecule has 0 aromatic heterocycles. The minimum absolute atomic E-state index is 0.193. The Morgan fingerprint density at radius 3 is 2.43 bits per heavy atom. The average Bonchev–Trinajstić information content (AvgIpc) is 2.86. The summed E-state index contributed by atoms with van der Waals surface area (Å²) in [5.74, 6) is -2.63. The van der Waals surface area contributed by atoms with E-state index in [2.05, 4.69) is 4.90 Å². The highest BCUT2D eigenvalue weighted by Crippen LogP contribution is 2.65. The summed E-state index contributed by atoms with van der Waals surface area (Å²) in [6, 6.07) is 0.223. The van der Waals surface area contributed by atoms with Gasteiger partial charge in [0.1, 0.15) is 0 Å². The van der Waals surface area contributed by atoms with E-state index in [-0.39, 0.29) is 24.5 Å². The number of alkyl halides is 2. The van der Waals surface area contributed by atoms with Gasteiger partial charge in [0.25, 0.3) is 5.92 Å². The molecule has 21 heavy (non-hydrogen) atoms. The second kappa shape index (κ2) is 4.87. The maximum Gasteiger partial charge on any atom is 0.254 e. The largest absolute Gasteiger partial charge is 0.395 e. The SMILES string of the molecule is OCC1CC2(CCOCC2)CN1CC1CC2C(C1)C2(F)F. The molecule has 5 heteroatoms. The first-order valence-electron chi connectivity index (χ1n) is 8.34. The molecule has 3 nitrogen and oxygen atoms in total. The summed E-state index contributed by atoms with van der Waals surface area (Å²) < 4.78 is 32.1. The van der Waals surface area contributed by atoms with Gasteiger partial charge in [-0.05, 0) is 43.4 Å². The maximum absolute atomic E-state index is 13.3. The summed E-state index contributed by atoms with van der Waals surface area (Å²) >= 11 is 0. The van der Waals surface area contributed by atoms with Crippen LogP contribution < -0.4 is 0 Å². The molecule has 2 saturated carbocycles. The number of ether oxygens (including phenoxy) is 1. The van der Waals surface area contributed by atoms with E-state index >= 15 is 0 Å². The quantitative estimate of drug-likeness (QED) is 0.867. The van der Waals surface area contributed by atoms with Gasteiger partial charge >= 0.3 is 0 Å². The number of fused-ring (bicyclic) bond motifs is 1. The molecule has 1 N–H and O–H groups in total. The third-order valence-corrected chi connectivity index (χ3v) is 6.52. The van der Waals surface area contributed by atoms with Crippen LogP contribution in [0.25, 0.3) is 0 Å². The van der Waals surface area contributed by atoms with Crippen LogP contribution in [0.2, 0.25) is 0 Å². The number of aliphatic hydroxyl groups excluding tert-OH is 1. The molecule has 0 aromatic carbocycles. The lowest BCUT2D eigenvalue weighted by Gasteiger charge is -2.33. The van der Waals surface area contributed by atoms with Crippen molar-refractivity contribution in [2.24, 2.45) is 23.2 Å².